The van der Waals surface area contributed by atoms with Gasteiger partial charge in [0.2, 0.25) is 11.9 Å². The average Bonchev–Trinajstić information content (AvgIpc) is 2.99. The van der Waals surface area contributed by atoms with E-state index in [0.29, 0.717) is 37.8 Å². The van der Waals surface area contributed by atoms with Crippen LogP contribution in [0.15, 0.2) is 29.1 Å². The van der Waals surface area contributed by atoms with Crippen molar-refractivity contribution in [3.63, 3.8) is 0 Å². The highest BCUT2D eigenvalue weighted by atomic mass is 16.5. The predicted octanol–water partition coefficient (Wildman–Crippen LogP) is 1.97. The molecule has 0 bridgehead atoms. The summed E-state index contributed by atoms with van der Waals surface area (Å²) in [7, 11) is 1.61. The molecule has 2 N–H and O–H groups in total. The summed E-state index contributed by atoms with van der Waals surface area (Å²) < 4.78 is 4.99. The number of benzene rings is 1. The number of carbonyl (C=O) groups is 1. The quantitative estimate of drug-likeness (QED) is 0.773. The Kier molecular flexibility index (Phi) is 5.37. The summed E-state index contributed by atoms with van der Waals surface area (Å²) in [5.74, 6) is 0.356. The first-order valence-electron chi connectivity index (χ1n) is 8.70. The van der Waals surface area contributed by atoms with Crippen LogP contribution in [-0.2, 0) is 9.53 Å². The topological polar surface area (TPSA) is 87.3 Å². The van der Waals surface area contributed by atoms with Crippen LogP contribution >= 0.6 is 0 Å². The molecule has 1 aromatic carbocycles. The van der Waals surface area contributed by atoms with Crippen molar-refractivity contribution in [3.05, 3.63) is 51.4 Å². The van der Waals surface area contributed by atoms with Gasteiger partial charge in [0.05, 0.1) is 12.3 Å². The van der Waals surface area contributed by atoms with E-state index in [1.165, 1.54) is 6.07 Å². The van der Waals surface area contributed by atoms with Crippen LogP contribution in [0.4, 0.5) is 11.6 Å². The molecule has 1 aliphatic rings. The number of carbonyl (C=O) groups excluding carboxylic acids is 1. The third-order valence-corrected chi connectivity index (χ3v) is 4.77. The van der Waals surface area contributed by atoms with Crippen molar-refractivity contribution in [2.45, 2.75) is 26.2 Å². The Labute approximate surface area is 152 Å². The number of rotatable bonds is 6. The van der Waals surface area contributed by atoms with E-state index in [-0.39, 0.29) is 17.4 Å². The Bertz CT molecular complexity index is 862. The van der Waals surface area contributed by atoms with Gasteiger partial charge in [0, 0.05) is 44.3 Å². The lowest BCUT2D eigenvalue weighted by Crippen LogP contribution is -2.25. The van der Waals surface area contributed by atoms with E-state index in [1.54, 1.807) is 12.0 Å². The number of aromatic nitrogens is 2. The number of nitrogens with zero attached hydrogens (tertiary/aromatic N) is 2. The van der Waals surface area contributed by atoms with Crippen LogP contribution in [0.3, 0.4) is 0 Å². The maximum atomic E-state index is 12.6. The number of amides is 1. The summed E-state index contributed by atoms with van der Waals surface area (Å²) in [4.78, 5) is 33.5. The fourth-order valence-corrected chi connectivity index (χ4v) is 3.21. The maximum Gasteiger partial charge on any atom is 0.252 e. The Morgan fingerprint density at radius 1 is 1.35 bits per heavy atom. The molecule has 2 heterocycles. The van der Waals surface area contributed by atoms with Gasteiger partial charge in [0.1, 0.15) is 0 Å². The lowest BCUT2D eigenvalue weighted by Gasteiger charge is -2.20. The van der Waals surface area contributed by atoms with Gasteiger partial charge in [-0.1, -0.05) is 12.1 Å². The van der Waals surface area contributed by atoms with Crippen molar-refractivity contribution in [1.29, 1.82) is 0 Å². The minimum absolute atomic E-state index is 0.0553. The van der Waals surface area contributed by atoms with Gasteiger partial charge in [-0.2, -0.15) is 0 Å². The molecule has 1 aromatic heterocycles. The molecule has 0 saturated carbocycles. The first-order valence-corrected chi connectivity index (χ1v) is 8.70. The van der Waals surface area contributed by atoms with Gasteiger partial charge in [-0.05, 0) is 31.0 Å². The number of nitrogens with one attached hydrogen (secondary N) is 2. The number of hydrogen-bond acceptors (Lipinski definition) is 5. The zero-order valence-corrected chi connectivity index (χ0v) is 15.3. The van der Waals surface area contributed by atoms with Crippen molar-refractivity contribution < 1.29 is 9.53 Å². The summed E-state index contributed by atoms with van der Waals surface area (Å²) in [6.07, 6.45) is 0.349. The van der Waals surface area contributed by atoms with Crippen LogP contribution < -0.4 is 15.8 Å². The largest absolute Gasteiger partial charge is 0.383 e. The Balaban J connectivity index is 1.82. The number of hydrogen-bond donors (Lipinski definition) is 2. The van der Waals surface area contributed by atoms with Gasteiger partial charge in [0.15, 0.2) is 0 Å². The third kappa shape index (κ3) is 3.77. The van der Waals surface area contributed by atoms with E-state index in [0.717, 1.165) is 16.8 Å². The van der Waals surface area contributed by atoms with Crippen LogP contribution in [0, 0.1) is 13.8 Å². The lowest BCUT2D eigenvalue weighted by atomic mass is 10.0. The number of H-pyrrole nitrogens is 1. The number of anilines is 2. The third-order valence-electron chi connectivity index (χ3n) is 4.77. The van der Waals surface area contributed by atoms with Crippen molar-refractivity contribution >= 4 is 17.5 Å². The molecule has 0 spiro atoms. The molecule has 138 valence electrons. The summed E-state index contributed by atoms with van der Waals surface area (Å²) in [6.45, 7) is 5.64. The molecule has 0 unspecified atom stereocenters. The van der Waals surface area contributed by atoms with Crippen molar-refractivity contribution in [1.82, 2.24) is 9.97 Å². The second kappa shape index (κ2) is 7.70. The zero-order chi connectivity index (χ0) is 18.7. The van der Waals surface area contributed by atoms with Crippen LogP contribution in [0.25, 0.3) is 0 Å². The number of methoxy groups -OCH3 is 1. The second-order valence-electron chi connectivity index (χ2n) is 6.56. The lowest BCUT2D eigenvalue weighted by molar-refractivity contribution is -0.117. The van der Waals surface area contributed by atoms with Crippen LogP contribution in [0.1, 0.15) is 29.2 Å². The highest BCUT2D eigenvalue weighted by Crippen LogP contribution is 2.33. The van der Waals surface area contributed by atoms with E-state index in [4.69, 9.17) is 4.74 Å². The van der Waals surface area contributed by atoms with E-state index >= 15 is 0 Å². The molecule has 2 aromatic rings. The zero-order valence-electron chi connectivity index (χ0n) is 15.3. The molecule has 1 amide bonds. The number of aromatic amines is 1. The normalized spacial score (nSPS) is 17.0. The van der Waals surface area contributed by atoms with Gasteiger partial charge in [0.25, 0.3) is 5.56 Å². The summed E-state index contributed by atoms with van der Waals surface area (Å²) in [5, 5.41) is 3.03. The van der Waals surface area contributed by atoms with Crippen LogP contribution in [0.5, 0.6) is 0 Å². The van der Waals surface area contributed by atoms with Crippen LogP contribution in [0.2, 0.25) is 0 Å². The molecule has 1 saturated heterocycles. The predicted molar refractivity (Wildman–Crippen MR) is 101 cm³/mol. The first-order chi connectivity index (χ1) is 12.5. The standard InChI is InChI=1S/C19H24N4O3/c1-12-5-4-6-16(13(12)2)23-11-14(9-18(23)25)15-10-17(24)22-19(21-15)20-7-8-26-3/h4-6,10,14H,7-9,11H2,1-3H3,(H2,20,21,22,24)/t14-/m0/s1. The molecular formula is C19H24N4O3. The maximum absolute atomic E-state index is 12.6. The van der Waals surface area contributed by atoms with E-state index in [1.807, 2.05) is 32.0 Å². The fraction of sp³-hybridized carbons (Fsp3) is 0.421. The minimum Gasteiger partial charge on any atom is -0.383 e. The summed E-state index contributed by atoms with van der Waals surface area (Å²) in [6, 6.07) is 7.44. The average molecular weight is 356 g/mol. The molecule has 7 heteroatoms. The second-order valence-corrected chi connectivity index (χ2v) is 6.56. The molecule has 1 fully saturated rings. The summed E-state index contributed by atoms with van der Waals surface area (Å²) in [5.41, 5.74) is 3.59. The van der Waals surface area contributed by atoms with E-state index in [9.17, 15) is 9.59 Å². The molecule has 1 atom stereocenters. The van der Waals surface area contributed by atoms with E-state index in [2.05, 4.69) is 15.3 Å². The Morgan fingerprint density at radius 3 is 2.92 bits per heavy atom. The molecular weight excluding hydrogens is 332 g/mol. The fourth-order valence-electron chi connectivity index (χ4n) is 3.21. The first kappa shape index (κ1) is 18.1. The van der Waals surface area contributed by atoms with Gasteiger partial charge in [-0.25, -0.2) is 4.98 Å². The van der Waals surface area contributed by atoms with E-state index < -0.39 is 0 Å². The minimum atomic E-state index is -0.229. The number of ether oxygens (including phenoxy) is 1. The highest BCUT2D eigenvalue weighted by molar-refractivity contribution is 5.97. The van der Waals surface area contributed by atoms with Crippen molar-refractivity contribution in [2.75, 3.05) is 37.0 Å². The molecule has 1 aliphatic heterocycles. The van der Waals surface area contributed by atoms with Crippen LogP contribution in [-0.4, -0.2) is 42.7 Å². The van der Waals surface area contributed by atoms with Gasteiger partial charge >= 0.3 is 0 Å². The molecule has 7 nitrogen and oxygen atoms in total. The SMILES string of the molecule is COCCNc1nc([C@H]2CC(=O)N(c3cccc(C)c3C)C2)cc(=O)[nH]1. The van der Waals surface area contributed by atoms with Crippen molar-refractivity contribution in [2.24, 2.45) is 0 Å². The Morgan fingerprint density at radius 2 is 2.15 bits per heavy atom. The highest BCUT2D eigenvalue weighted by Gasteiger charge is 2.33. The molecule has 26 heavy (non-hydrogen) atoms. The monoisotopic (exact) mass is 356 g/mol. The molecule has 3 rings (SSSR count). The Hall–Kier alpha value is -2.67. The molecule has 0 radical (unpaired) electrons. The van der Waals surface area contributed by atoms with Gasteiger partial charge in [-0.15, -0.1) is 0 Å². The van der Waals surface area contributed by atoms with Gasteiger partial charge in [-0.3, -0.25) is 14.6 Å². The summed E-state index contributed by atoms with van der Waals surface area (Å²) >= 11 is 0. The number of aryl methyl sites for hydroxylation is 1. The van der Waals surface area contributed by atoms with Gasteiger partial charge < -0.3 is 15.0 Å². The van der Waals surface area contributed by atoms with Crippen molar-refractivity contribution in [3.8, 4) is 0 Å². The smallest absolute Gasteiger partial charge is 0.252 e. The molecule has 0 aliphatic carbocycles.